The first kappa shape index (κ1) is 8.92. The minimum absolute atomic E-state index is 0.812. The standard InChI is InChI=1S/C7H16N2/c1-3-5-9-7-6-8-4-2/h8-9H,1-7H2. The Bertz CT molecular complexity index is 40.2. The summed E-state index contributed by atoms with van der Waals surface area (Å²) in [7, 11) is 0. The smallest absolute Gasteiger partial charge is 0.00767 e. The van der Waals surface area contributed by atoms with Crippen molar-refractivity contribution < 1.29 is 0 Å². The van der Waals surface area contributed by atoms with Gasteiger partial charge in [-0.3, -0.25) is 0 Å². The molecule has 0 saturated carbocycles. The van der Waals surface area contributed by atoms with Crippen LogP contribution in [0.5, 0.6) is 0 Å². The first-order valence-corrected chi connectivity index (χ1v) is 3.41. The minimum Gasteiger partial charge on any atom is -0.315 e. The Morgan fingerprint density at radius 1 is 0.889 bits per heavy atom. The third-order valence-electron chi connectivity index (χ3n) is 1.01. The molecule has 0 rings (SSSR count). The fourth-order valence-electron chi connectivity index (χ4n) is 0.552. The van der Waals surface area contributed by atoms with E-state index in [1.54, 1.807) is 0 Å². The molecule has 2 radical (unpaired) electrons. The molecule has 0 saturated heterocycles. The van der Waals surface area contributed by atoms with Crippen LogP contribution in [0.15, 0.2) is 0 Å². The van der Waals surface area contributed by atoms with Gasteiger partial charge in [-0.05, 0) is 26.4 Å². The first-order valence-electron chi connectivity index (χ1n) is 3.41. The van der Waals surface area contributed by atoms with Crippen molar-refractivity contribution in [1.29, 1.82) is 0 Å². The van der Waals surface area contributed by atoms with E-state index >= 15 is 0 Å². The maximum atomic E-state index is 3.71. The summed E-state index contributed by atoms with van der Waals surface area (Å²) in [5.74, 6) is 0. The molecule has 54 valence electrons. The Hall–Kier alpha value is -0.0800. The highest BCUT2D eigenvalue weighted by Crippen LogP contribution is 1.66. The van der Waals surface area contributed by atoms with E-state index in [0.717, 1.165) is 32.6 Å². The highest BCUT2D eigenvalue weighted by atomic mass is 14.9. The second-order valence-corrected chi connectivity index (χ2v) is 1.85. The molecule has 2 heteroatoms. The van der Waals surface area contributed by atoms with Crippen molar-refractivity contribution in [2.24, 2.45) is 0 Å². The lowest BCUT2D eigenvalue weighted by Crippen LogP contribution is -2.27. The van der Waals surface area contributed by atoms with E-state index in [1.165, 1.54) is 0 Å². The number of nitrogens with one attached hydrogen (secondary N) is 2. The van der Waals surface area contributed by atoms with Crippen molar-refractivity contribution in [3.8, 4) is 0 Å². The van der Waals surface area contributed by atoms with Crippen molar-refractivity contribution in [2.45, 2.75) is 6.42 Å². The summed E-state index contributed by atoms with van der Waals surface area (Å²) >= 11 is 0. The van der Waals surface area contributed by atoms with Gasteiger partial charge in [0.15, 0.2) is 0 Å². The zero-order valence-corrected chi connectivity index (χ0v) is 5.95. The molecule has 0 aliphatic rings. The molecule has 0 bridgehead atoms. The van der Waals surface area contributed by atoms with Gasteiger partial charge in [0.1, 0.15) is 0 Å². The Labute approximate surface area is 58.0 Å². The third-order valence-corrected chi connectivity index (χ3v) is 1.01. The van der Waals surface area contributed by atoms with E-state index in [0.29, 0.717) is 0 Å². The van der Waals surface area contributed by atoms with Crippen LogP contribution < -0.4 is 10.6 Å². The summed E-state index contributed by atoms with van der Waals surface area (Å²) in [6.07, 6.45) is 0.963. The normalized spacial score (nSPS) is 10.0. The Kier molecular flexibility index (Phi) is 7.85. The highest BCUT2D eigenvalue weighted by molar-refractivity contribution is 4.52. The predicted octanol–water partition coefficient (Wildman–Crippen LogP) is 0.224. The minimum atomic E-state index is 0.812. The lowest BCUT2D eigenvalue weighted by Gasteiger charge is -2.01. The van der Waals surface area contributed by atoms with Crippen LogP contribution in [0.3, 0.4) is 0 Å². The molecule has 0 spiro atoms. The average molecular weight is 128 g/mol. The fraction of sp³-hybridized carbons (Fsp3) is 0.714. The van der Waals surface area contributed by atoms with E-state index in [2.05, 4.69) is 24.5 Å². The van der Waals surface area contributed by atoms with Crippen LogP contribution in [-0.4, -0.2) is 26.2 Å². The number of hydrogen-bond acceptors (Lipinski definition) is 2. The molecule has 0 aromatic carbocycles. The van der Waals surface area contributed by atoms with Crippen molar-refractivity contribution in [3.63, 3.8) is 0 Å². The monoisotopic (exact) mass is 128 g/mol. The lowest BCUT2D eigenvalue weighted by molar-refractivity contribution is 0.637. The van der Waals surface area contributed by atoms with Crippen LogP contribution in [0.1, 0.15) is 6.42 Å². The molecule has 0 amide bonds. The molecule has 0 atom stereocenters. The largest absolute Gasteiger partial charge is 0.315 e. The average Bonchev–Trinajstić information content (AvgIpc) is 1.89. The molecular weight excluding hydrogens is 112 g/mol. The van der Waals surface area contributed by atoms with E-state index < -0.39 is 0 Å². The van der Waals surface area contributed by atoms with Crippen molar-refractivity contribution in [3.05, 3.63) is 13.8 Å². The summed E-state index contributed by atoms with van der Waals surface area (Å²) in [6, 6.07) is 0. The van der Waals surface area contributed by atoms with Crippen LogP contribution in [0.4, 0.5) is 0 Å². The van der Waals surface area contributed by atoms with E-state index in [-0.39, 0.29) is 0 Å². The van der Waals surface area contributed by atoms with E-state index in [1.807, 2.05) is 0 Å². The molecule has 0 fully saturated rings. The van der Waals surface area contributed by atoms with Gasteiger partial charge in [0.05, 0.1) is 0 Å². The number of hydrogen-bond donors (Lipinski definition) is 2. The van der Waals surface area contributed by atoms with Crippen LogP contribution in [0.25, 0.3) is 0 Å². The highest BCUT2D eigenvalue weighted by Gasteiger charge is 1.81. The van der Waals surface area contributed by atoms with E-state index in [9.17, 15) is 0 Å². The zero-order valence-electron chi connectivity index (χ0n) is 5.95. The van der Waals surface area contributed by atoms with Crippen molar-refractivity contribution >= 4 is 0 Å². The predicted molar refractivity (Wildman–Crippen MR) is 41.1 cm³/mol. The molecule has 0 unspecified atom stereocenters. The lowest BCUT2D eigenvalue weighted by atomic mass is 10.5. The van der Waals surface area contributed by atoms with E-state index in [4.69, 9.17) is 0 Å². The maximum absolute atomic E-state index is 3.71. The Balaban J connectivity index is 2.60. The molecule has 0 aliphatic heterocycles. The fourth-order valence-corrected chi connectivity index (χ4v) is 0.552. The van der Waals surface area contributed by atoms with Crippen molar-refractivity contribution in [1.82, 2.24) is 10.6 Å². The summed E-state index contributed by atoms with van der Waals surface area (Å²) in [5.41, 5.74) is 0. The SMILES string of the molecule is [CH2]CCNCCNC[CH2]. The second kappa shape index (κ2) is 7.92. The Morgan fingerprint density at radius 3 is 2.11 bits per heavy atom. The molecule has 0 aromatic heterocycles. The molecule has 2 nitrogen and oxygen atoms in total. The molecule has 0 aromatic rings. The molecule has 2 N–H and O–H groups in total. The maximum Gasteiger partial charge on any atom is 0.00767 e. The molecule has 9 heavy (non-hydrogen) atoms. The van der Waals surface area contributed by atoms with Gasteiger partial charge in [-0.15, -0.1) is 0 Å². The van der Waals surface area contributed by atoms with Gasteiger partial charge in [0, 0.05) is 13.1 Å². The Morgan fingerprint density at radius 2 is 1.56 bits per heavy atom. The van der Waals surface area contributed by atoms with Gasteiger partial charge in [-0.25, -0.2) is 0 Å². The van der Waals surface area contributed by atoms with Crippen LogP contribution in [-0.2, 0) is 0 Å². The second-order valence-electron chi connectivity index (χ2n) is 1.85. The summed E-state index contributed by atoms with van der Waals surface area (Å²) in [6.45, 7) is 11.2. The van der Waals surface area contributed by atoms with Gasteiger partial charge in [-0.1, -0.05) is 6.92 Å². The van der Waals surface area contributed by atoms with Gasteiger partial charge in [0.2, 0.25) is 0 Å². The van der Waals surface area contributed by atoms with Crippen LogP contribution in [0, 0.1) is 13.8 Å². The van der Waals surface area contributed by atoms with Gasteiger partial charge >= 0.3 is 0 Å². The van der Waals surface area contributed by atoms with Gasteiger partial charge in [-0.2, -0.15) is 0 Å². The van der Waals surface area contributed by atoms with Crippen molar-refractivity contribution in [2.75, 3.05) is 26.2 Å². The number of rotatable bonds is 6. The summed E-state index contributed by atoms with van der Waals surface area (Å²) < 4.78 is 0. The molecule has 0 aliphatic carbocycles. The first-order chi connectivity index (χ1) is 4.41. The van der Waals surface area contributed by atoms with Crippen LogP contribution >= 0.6 is 0 Å². The van der Waals surface area contributed by atoms with Gasteiger partial charge < -0.3 is 10.6 Å². The van der Waals surface area contributed by atoms with Crippen LogP contribution in [0.2, 0.25) is 0 Å². The molecule has 0 heterocycles. The topological polar surface area (TPSA) is 24.1 Å². The zero-order chi connectivity index (χ0) is 6.95. The summed E-state index contributed by atoms with van der Waals surface area (Å²) in [5, 5.41) is 6.33. The van der Waals surface area contributed by atoms with Gasteiger partial charge in [0.25, 0.3) is 0 Å². The summed E-state index contributed by atoms with van der Waals surface area (Å²) in [4.78, 5) is 0. The quantitative estimate of drug-likeness (QED) is 0.500. The third kappa shape index (κ3) is 7.92. The molecular formula is C7H16N2.